The van der Waals surface area contributed by atoms with Crippen molar-refractivity contribution < 1.29 is 19.7 Å². The summed E-state index contributed by atoms with van der Waals surface area (Å²) in [7, 11) is 1.65. The van der Waals surface area contributed by atoms with Gasteiger partial charge in [-0.2, -0.15) is 0 Å². The number of carbonyl (C=O) groups excluding carboxylic acids is 1. The molecule has 4 aliphatic rings. The third-order valence-electron chi connectivity index (χ3n) is 7.77. The first kappa shape index (κ1) is 18.2. The van der Waals surface area contributed by atoms with Gasteiger partial charge in [0.2, 0.25) is 0 Å². The van der Waals surface area contributed by atoms with Crippen LogP contribution in [-0.2, 0) is 16.6 Å². The van der Waals surface area contributed by atoms with E-state index in [1.54, 1.807) is 7.11 Å². The lowest BCUT2D eigenvalue weighted by molar-refractivity contribution is -0.156. The molecule has 1 saturated heterocycles. The van der Waals surface area contributed by atoms with E-state index in [4.69, 9.17) is 4.74 Å². The predicted molar refractivity (Wildman–Crippen MR) is 106 cm³/mol. The molecule has 1 aromatic rings. The minimum Gasteiger partial charge on any atom is -0.512 e. The summed E-state index contributed by atoms with van der Waals surface area (Å²) < 4.78 is 5.47. The molecule has 0 aromatic heterocycles. The van der Waals surface area contributed by atoms with Crippen LogP contribution in [0, 0.1) is 5.92 Å². The van der Waals surface area contributed by atoms with Crippen molar-refractivity contribution in [1.82, 2.24) is 4.90 Å². The van der Waals surface area contributed by atoms with Crippen molar-refractivity contribution in [3.8, 4) is 5.75 Å². The Labute approximate surface area is 166 Å². The third-order valence-corrected chi connectivity index (χ3v) is 7.77. The van der Waals surface area contributed by atoms with Crippen molar-refractivity contribution in [3.05, 3.63) is 40.7 Å². The van der Waals surface area contributed by atoms with Crippen LogP contribution in [0.4, 0.5) is 0 Å². The zero-order valence-electron chi connectivity index (χ0n) is 16.7. The number of rotatable bonds is 4. The molecular formula is C23H29NO4. The van der Waals surface area contributed by atoms with Gasteiger partial charge in [0.05, 0.1) is 12.7 Å². The first-order valence-electron chi connectivity index (χ1n) is 10.4. The Morgan fingerprint density at radius 3 is 2.79 bits per heavy atom. The smallest absolute Gasteiger partial charge is 0.159 e. The maximum Gasteiger partial charge on any atom is 0.159 e. The van der Waals surface area contributed by atoms with Crippen LogP contribution < -0.4 is 4.74 Å². The summed E-state index contributed by atoms with van der Waals surface area (Å²) in [5.74, 6) is 1.54. The minimum atomic E-state index is -1.05. The van der Waals surface area contributed by atoms with E-state index in [2.05, 4.69) is 11.0 Å². The van der Waals surface area contributed by atoms with E-state index in [1.165, 1.54) is 25.3 Å². The Bertz CT molecular complexity index is 873. The average molecular weight is 383 g/mol. The van der Waals surface area contributed by atoms with Crippen LogP contribution >= 0.6 is 0 Å². The number of hydrogen-bond donors (Lipinski definition) is 2. The highest BCUT2D eigenvalue weighted by Gasteiger charge is 2.65. The second kappa shape index (κ2) is 6.07. The molecule has 5 rings (SSSR count). The number of allylic oxidation sites excluding steroid dienone is 1. The average Bonchev–Trinajstić information content (AvgIpc) is 3.48. The van der Waals surface area contributed by atoms with Crippen LogP contribution in [0.5, 0.6) is 5.75 Å². The fraction of sp³-hybridized carbons (Fsp3) is 0.609. The standard InChI is InChI=1S/C23H29NO4/c1-14(25)18-11-23(27)21-9-16-5-6-17(28-2)10-19(16)22(23,12-20(18)26)7-8-24(21)13-15-3-4-15/h5-6,10,15,21,26-27H,3-4,7-9,11-13H2,1-2H3/t21-,22-,23-/m1/s1. The van der Waals surface area contributed by atoms with E-state index in [1.807, 2.05) is 12.1 Å². The molecule has 1 aromatic carbocycles. The van der Waals surface area contributed by atoms with Gasteiger partial charge in [-0.25, -0.2) is 0 Å². The molecule has 3 aliphatic carbocycles. The normalized spacial score (nSPS) is 34.6. The van der Waals surface area contributed by atoms with Crippen LogP contribution in [0.25, 0.3) is 0 Å². The van der Waals surface area contributed by atoms with Gasteiger partial charge < -0.3 is 14.9 Å². The fourth-order valence-electron chi connectivity index (χ4n) is 6.07. The lowest BCUT2D eigenvalue weighted by Crippen LogP contribution is -2.72. The molecule has 1 aliphatic heterocycles. The molecule has 0 unspecified atom stereocenters. The molecule has 3 atom stereocenters. The third kappa shape index (κ3) is 2.42. The van der Waals surface area contributed by atoms with Crippen LogP contribution in [-0.4, -0.2) is 52.7 Å². The molecule has 5 nitrogen and oxygen atoms in total. The van der Waals surface area contributed by atoms with Crippen LogP contribution in [0.1, 0.15) is 50.2 Å². The predicted octanol–water partition coefficient (Wildman–Crippen LogP) is 2.90. The number of nitrogens with zero attached hydrogens (tertiary/aromatic N) is 1. The number of benzene rings is 1. The van der Waals surface area contributed by atoms with Crippen molar-refractivity contribution in [2.45, 2.75) is 62.5 Å². The number of ketones is 1. The highest BCUT2D eigenvalue weighted by Crippen LogP contribution is 2.59. The van der Waals surface area contributed by atoms with E-state index in [9.17, 15) is 15.0 Å². The van der Waals surface area contributed by atoms with E-state index >= 15 is 0 Å². The molecule has 0 amide bonds. The molecule has 5 heteroatoms. The van der Waals surface area contributed by atoms with Gasteiger partial charge >= 0.3 is 0 Å². The first-order chi connectivity index (χ1) is 13.4. The number of likely N-dealkylation sites (tertiary alicyclic amines) is 1. The lowest BCUT2D eigenvalue weighted by atomic mass is 9.49. The van der Waals surface area contributed by atoms with Gasteiger partial charge in [-0.15, -0.1) is 0 Å². The van der Waals surface area contributed by atoms with Crippen LogP contribution in [0.3, 0.4) is 0 Å². The Balaban J connectivity index is 1.68. The Morgan fingerprint density at radius 2 is 2.11 bits per heavy atom. The molecule has 150 valence electrons. The second-order valence-electron chi connectivity index (χ2n) is 9.27. The summed E-state index contributed by atoms with van der Waals surface area (Å²) in [6, 6.07) is 6.12. The number of aliphatic hydroxyl groups excluding tert-OH is 1. The maximum absolute atomic E-state index is 12.2. The van der Waals surface area contributed by atoms with Crippen molar-refractivity contribution in [1.29, 1.82) is 0 Å². The van der Waals surface area contributed by atoms with Crippen molar-refractivity contribution >= 4 is 5.78 Å². The second-order valence-corrected chi connectivity index (χ2v) is 9.27. The number of aliphatic hydroxyl groups is 2. The van der Waals surface area contributed by atoms with Crippen molar-refractivity contribution in [3.63, 3.8) is 0 Å². The highest BCUT2D eigenvalue weighted by molar-refractivity contribution is 5.94. The number of piperidine rings is 1. The molecule has 2 fully saturated rings. The molecule has 1 saturated carbocycles. The number of carbonyl (C=O) groups is 1. The quantitative estimate of drug-likeness (QED) is 0.837. The van der Waals surface area contributed by atoms with Gasteiger partial charge in [-0.1, -0.05) is 6.07 Å². The number of ether oxygens (including phenoxy) is 1. The molecule has 1 heterocycles. The lowest BCUT2D eigenvalue weighted by Gasteiger charge is -2.63. The summed E-state index contributed by atoms with van der Waals surface area (Å²) >= 11 is 0. The van der Waals surface area contributed by atoms with E-state index < -0.39 is 11.0 Å². The largest absolute Gasteiger partial charge is 0.512 e. The highest BCUT2D eigenvalue weighted by atomic mass is 16.5. The van der Waals surface area contributed by atoms with E-state index in [0.29, 0.717) is 12.0 Å². The van der Waals surface area contributed by atoms with E-state index in [0.717, 1.165) is 43.2 Å². The maximum atomic E-state index is 12.2. The van der Waals surface area contributed by atoms with Gasteiger partial charge in [0.15, 0.2) is 5.78 Å². The van der Waals surface area contributed by atoms with Gasteiger partial charge in [-0.05, 0) is 68.3 Å². The Kier molecular flexibility index (Phi) is 3.95. The number of fused-ring (bicyclic) bond motifs is 1. The van der Waals surface area contributed by atoms with Gasteiger partial charge in [0.25, 0.3) is 0 Å². The molecular weight excluding hydrogens is 354 g/mol. The van der Waals surface area contributed by atoms with Gasteiger partial charge in [-0.3, -0.25) is 9.69 Å². The summed E-state index contributed by atoms with van der Waals surface area (Å²) in [5, 5.41) is 23.0. The zero-order valence-corrected chi connectivity index (χ0v) is 16.7. The molecule has 2 N–H and O–H groups in total. The summed E-state index contributed by atoms with van der Waals surface area (Å²) in [6.07, 6.45) is 4.67. The van der Waals surface area contributed by atoms with Crippen LogP contribution in [0.15, 0.2) is 29.5 Å². The number of methoxy groups -OCH3 is 1. The number of Topliss-reactive ketones (excluding diaryl/α,β-unsaturated/α-hetero) is 1. The summed E-state index contributed by atoms with van der Waals surface area (Å²) in [5.41, 5.74) is 1.11. The Hall–Kier alpha value is -1.85. The van der Waals surface area contributed by atoms with Crippen LogP contribution in [0.2, 0.25) is 0 Å². The van der Waals surface area contributed by atoms with Gasteiger partial charge in [0, 0.05) is 36.4 Å². The fourth-order valence-corrected chi connectivity index (χ4v) is 6.07. The zero-order chi connectivity index (χ0) is 19.7. The SMILES string of the molecule is COc1ccc2c(c1)[C@]13CCN(CC4CC4)[C@H](C2)[C@]1(O)CC(C(C)=O)=C(O)C3. The summed E-state index contributed by atoms with van der Waals surface area (Å²) in [4.78, 5) is 14.7. The molecule has 2 bridgehead atoms. The summed E-state index contributed by atoms with van der Waals surface area (Å²) in [6.45, 7) is 3.44. The molecule has 0 radical (unpaired) electrons. The van der Waals surface area contributed by atoms with E-state index in [-0.39, 0.29) is 24.0 Å². The monoisotopic (exact) mass is 383 g/mol. The molecule has 0 spiro atoms. The molecule has 28 heavy (non-hydrogen) atoms. The minimum absolute atomic E-state index is 0.0230. The van der Waals surface area contributed by atoms with Crippen molar-refractivity contribution in [2.24, 2.45) is 5.92 Å². The topological polar surface area (TPSA) is 70.0 Å². The first-order valence-corrected chi connectivity index (χ1v) is 10.4. The Morgan fingerprint density at radius 1 is 1.32 bits per heavy atom. The number of hydrogen-bond acceptors (Lipinski definition) is 5. The van der Waals surface area contributed by atoms with Gasteiger partial charge in [0.1, 0.15) is 11.5 Å². The van der Waals surface area contributed by atoms with Crippen molar-refractivity contribution in [2.75, 3.05) is 20.2 Å².